The summed E-state index contributed by atoms with van der Waals surface area (Å²) in [6, 6.07) is 9.04. The third kappa shape index (κ3) is 4.56. The molecule has 0 radical (unpaired) electrons. The molecule has 0 bridgehead atoms. The summed E-state index contributed by atoms with van der Waals surface area (Å²) in [6.45, 7) is 3.40. The molecule has 1 aliphatic rings. The van der Waals surface area contributed by atoms with Crippen LogP contribution in [0.4, 0.5) is 5.69 Å². The molecule has 1 fully saturated rings. The molecular formula is C16H25NS. The second-order valence-corrected chi connectivity index (χ2v) is 6.41. The molecule has 1 N–H and O–H groups in total. The van der Waals surface area contributed by atoms with E-state index < -0.39 is 0 Å². The molecule has 1 nitrogen and oxygen atoms in total. The second kappa shape index (κ2) is 7.73. The molecule has 2 rings (SSSR count). The summed E-state index contributed by atoms with van der Waals surface area (Å²) in [5.74, 6) is 3.56. The van der Waals surface area contributed by atoms with Crippen LogP contribution in [-0.4, -0.2) is 18.1 Å². The minimum atomic E-state index is 0.874. The molecule has 0 saturated carbocycles. The van der Waals surface area contributed by atoms with Crippen LogP contribution in [0.25, 0.3) is 0 Å². The highest BCUT2D eigenvalue weighted by Crippen LogP contribution is 2.23. The van der Waals surface area contributed by atoms with E-state index in [1.54, 1.807) is 0 Å². The van der Waals surface area contributed by atoms with Crippen LogP contribution in [0, 0.1) is 5.92 Å². The van der Waals surface area contributed by atoms with Gasteiger partial charge in [-0.2, -0.15) is 11.8 Å². The summed E-state index contributed by atoms with van der Waals surface area (Å²) in [6.07, 6.45) is 6.58. The van der Waals surface area contributed by atoms with Gasteiger partial charge in [-0.05, 0) is 54.4 Å². The molecule has 1 aromatic rings. The minimum absolute atomic E-state index is 0.874. The Morgan fingerprint density at radius 3 is 2.72 bits per heavy atom. The summed E-state index contributed by atoms with van der Waals surface area (Å²) in [5, 5.41) is 3.57. The molecule has 18 heavy (non-hydrogen) atoms. The Morgan fingerprint density at radius 2 is 2.06 bits per heavy atom. The van der Waals surface area contributed by atoms with Gasteiger partial charge in [0, 0.05) is 12.2 Å². The van der Waals surface area contributed by atoms with Crippen molar-refractivity contribution in [2.45, 2.75) is 39.0 Å². The van der Waals surface area contributed by atoms with E-state index in [-0.39, 0.29) is 0 Å². The molecule has 100 valence electrons. The molecule has 0 spiro atoms. The van der Waals surface area contributed by atoms with Gasteiger partial charge in [-0.25, -0.2) is 0 Å². The van der Waals surface area contributed by atoms with Crippen LogP contribution in [0.15, 0.2) is 24.3 Å². The van der Waals surface area contributed by atoms with Crippen LogP contribution in [0.3, 0.4) is 0 Å². The predicted molar refractivity (Wildman–Crippen MR) is 83.6 cm³/mol. The fraction of sp³-hybridized carbons (Fsp3) is 0.625. The van der Waals surface area contributed by atoms with Crippen LogP contribution < -0.4 is 5.32 Å². The van der Waals surface area contributed by atoms with E-state index in [2.05, 4.69) is 48.3 Å². The molecule has 1 unspecified atom stereocenters. The fourth-order valence-electron chi connectivity index (χ4n) is 2.37. The highest BCUT2D eigenvalue weighted by molar-refractivity contribution is 7.99. The number of hydrogen-bond donors (Lipinski definition) is 1. The van der Waals surface area contributed by atoms with Crippen molar-refractivity contribution < 1.29 is 0 Å². The molecule has 0 amide bonds. The van der Waals surface area contributed by atoms with Crippen molar-refractivity contribution in [3.8, 4) is 0 Å². The standard InChI is InChI=1S/C16H25NS/c1-2-3-4-5-14-6-8-16(9-7-14)17-12-15-10-11-18-13-15/h6-9,15,17H,2-5,10-13H2,1H3. The lowest BCUT2D eigenvalue weighted by atomic mass is 10.1. The quantitative estimate of drug-likeness (QED) is 0.722. The SMILES string of the molecule is CCCCCc1ccc(NCC2CCSC2)cc1. The molecule has 0 aliphatic carbocycles. The third-order valence-corrected chi connectivity index (χ3v) is 4.87. The lowest BCUT2D eigenvalue weighted by molar-refractivity contribution is 0.632. The van der Waals surface area contributed by atoms with Crippen LogP contribution in [0.2, 0.25) is 0 Å². The number of anilines is 1. The van der Waals surface area contributed by atoms with Crippen molar-refractivity contribution in [3.63, 3.8) is 0 Å². The number of rotatable bonds is 7. The molecule has 2 heteroatoms. The molecule has 1 atom stereocenters. The Labute approximate surface area is 116 Å². The van der Waals surface area contributed by atoms with E-state index in [1.165, 1.54) is 54.9 Å². The van der Waals surface area contributed by atoms with Gasteiger partial charge in [-0.1, -0.05) is 31.9 Å². The largest absolute Gasteiger partial charge is 0.385 e. The van der Waals surface area contributed by atoms with Gasteiger partial charge in [0.25, 0.3) is 0 Å². The lowest BCUT2D eigenvalue weighted by Crippen LogP contribution is -2.13. The second-order valence-electron chi connectivity index (χ2n) is 5.26. The zero-order chi connectivity index (χ0) is 12.6. The third-order valence-electron chi connectivity index (χ3n) is 3.64. The fourth-order valence-corrected chi connectivity index (χ4v) is 3.66. The van der Waals surface area contributed by atoms with Crippen LogP contribution >= 0.6 is 11.8 Å². The molecule has 1 saturated heterocycles. The average molecular weight is 263 g/mol. The Hall–Kier alpha value is -0.630. The maximum absolute atomic E-state index is 3.57. The van der Waals surface area contributed by atoms with Gasteiger partial charge in [0.15, 0.2) is 0 Å². The van der Waals surface area contributed by atoms with Gasteiger partial charge in [0.2, 0.25) is 0 Å². The van der Waals surface area contributed by atoms with E-state index in [4.69, 9.17) is 0 Å². The Bertz CT molecular complexity index is 327. The van der Waals surface area contributed by atoms with Gasteiger partial charge >= 0.3 is 0 Å². The van der Waals surface area contributed by atoms with Gasteiger partial charge in [-0.15, -0.1) is 0 Å². The zero-order valence-electron chi connectivity index (χ0n) is 11.5. The maximum Gasteiger partial charge on any atom is 0.0340 e. The molecule has 1 aromatic carbocycles. The summed E-state index contributed by atoms with van der Waals surface area (Å²) in [7, 11) is 0. The van der Waals surface area contributed by atoms with Crippen molar-refractivity contribution in [1.82, 2.24) is 0 Å². The van der Waals surface area contributed by atoms with Crippen LogP contribution in [0.1, 0.15) is 38.2 Å². The first-order chi connectivity index (χ1) is 8.88. The first-order valence-electron chi connectivity index (χ1n) is 7.29. The van der Waals surface area contributed by atoms with E-state index in [0.29, 0.717) is 0 Å². The molecule has 1 heterocycles. The number of benzene rings is 1. The van der Waals surface area contributed by atoms with Crippen LogP contribution in [0.5, 0.6) is 0 Å². The summed E-state index contributed by atoms with van der Waals surface area (Å²) < 4.78 is 0. The first-order valence-corrected chi connectivity index (χ1v) is 8.44. The Morgan fingerprint density at radius 1 is 1.22 bits per heavy atom. The van der Waals surface area contributed by atoms with Crippen molar-refractivity contribution in [2.75, 3.05) is 23.4 Å². The van der Waals surface area contributed by atoms with E-state index >= 15 is 0 Å². The van der Waals surface area contributed by atoms with Crippen molar-refractivity contribution in [1.29, 1.82) is 0 Å². The topological polar surface area (TPSA) is 12.0 Å². The van der Waals surface area contributed by atoms with Gasteiger partial charge in [-0.3, -0.25) is 0 Å². The number of nitrogens with one attached hydrogen (secondary N) is 1. The number of thioether (sulfide) groups is 1. The van der Waals surface area contributed by atoms with E-state index in [1.807, 2.05) is 0 Å². The van der Waals surface area contributed by atoms with Crippen molar-refractivity contribution in [2.24, 2.45) is 5.92 Å². The monoisotopic (exact) mass is 263 g/mol. The first kappa shape index (κ1) is 13.8. The molecule has 0 aromatic heterocycles. The van der Waals surface area contributed by atoms with Gasteiger partial charge in [0.05, 0.1) is 0 Å². The highest BCUT2D eigenvalue weighted by Gasteiger charge is 2.14. The zero-order valence-corrected chi connectivity index (χ0v) is 12.3. The molecular weight excluding hydrogens is 238 g/mol. The summed E-state index contributed by atoms with van der Waals surface area (Å²) in [5.41, 5.74) is 2.76. The Balaban J connectivity index is 1.72. The Kier molecular flexibility index (Phi) is 5.92. The maximum atomic E-state index is 3.57. The van der Waals surface area contributed by atoms with E-state index in [9.17, 15) is 0 Å². The number of hydrogen-bond acceptors (Lipinski definition) is 2. The van der Waals surface area contributed by atoms with Gasteiger partial charge < -0.3 is 5.32 Å². The minimum Gasteiger partial charge on any atom is -0.385 e. The lowest BCUT2D eigenvalue weighted by Gasteiger charge is -2.11. The van der Waals surface area contributed by atoms with E-state index in [0.717, 1.165) is 12.5 Å². The highest BCUT2D eigenvalue weighted by atomic mass is 32.2. The normalized spacial score (nSPS) is 19.1. The number of aryl methyl sites for hydroxylation is 1. The summed E-state index contributed by atoms with van der Waals surface area (Å²) in [4.78, 5) is 0. The van der Waals surface area contributed by atoms with Crippen LogP contribution in [-0.2, 0) is 6.42 Å². The van der Waals surface area contributed by atoms with Crippen molar-refractivity contribution in [3.05, 3.63) is 29.8 Å². The predicted octanol–water partition coefficient (Wildman–Crippen LogP) is 4.58. The molecule has 1 aliphatic heterocycles. The smallest absolute Gasteiger partial charge is 0.0340 e. The average Bonchev–Trinajstić information content (AvgIpc) is 2.91. The number of unbranched alkanes of at least 4 members (excludes halogenated alkanes) is 2. The van der Waals surface area contributed by atoms with Crippen molar-refractivity contribution >= 4 is 17.4 Å². The van der Waals surface area contributed by atoms with Gasteiger partial charge in [0.1, 0.15) is 0 Å². The summed E-state index contributed by atoms with van der Waals surface area (Å²) >= 11 is 2.09.